The van der Waals surface area contributed by atoms with Crippen LogP contribution in [-0.2, 0) is 0 Å². The molecule has 2 rings (SSSR count). The van der Waals surface area contributed by atoms with Crippen LogP contribution in [0.5, 0.6) is 0 Å². The molecule has 2 aromatic heterocycles. The van der Waals surface area contributed by atoms with Gasteiger partial charge in [0.2, 0.25) is 0 Å². The van der Waals surface area contributed by atoms with Gasteiger partial charge in [-0.2, -0.15) is 0 Å². The Labute approximate surface area is 78.7 Å². The third-order valence-electron chi connectivity index (χ3n) is 1.73. The molecule has 2 heterocycles. The van der Waals surface area contributed by atoms with Crippen LogP contribution in [0.4, 0.5) is 0 Å². The van der Waals surface area contributed by atoms with Crippen LogP contribution < -0.4 is 5.73 Å². The maximum absolute atomic E-state index is 10.8. The zero-order chi connectivity index (χ0) is 9.42. The predicted molar refractivity (Wildman–Crippen MR) is 49.6 cm³/mol. The van der Waals surface area contributed by atoms with Gasteiger partial charge in [-0.1, -0.05) is 11.6 Å². The Balaban J connectivity index is 2.72. The van der Waals surface area contributed by atoms with Gasteiger partial charge in [-0.15, -0.1) is 0 Å². The number of fused-ring (bicyclic) bond motifs is 1. The Hall–Kier alpha value is -1.55. The molecule has 0 unspecified atom stereocenters. The van der Waals surface area contributed by atoms with E-state index in [1.54, 1.807) is 18.3 Å². The third-order valence-corrected chi connectivity index (χ3v) is 2.02. The highest BCUT2D eigenvalue weighted by atomic mass is 35.5. The molecular weight excluding hydrogens is 190 g/mol. The first-order valence-electron chi connectivity index (χ1n) is 3.62. The van der Waals surface area contributed by atoms with Crippen molar-refractivity contribution in [1.82, 2.24) is 9.97 Å². The van der Waals surface area contributed by atoms with E-state index in [4.69, 9.17) is 17.3 Å². The third kappa shape index (κ3) is 1.25. The van der Waals surface area contributed by atoms with Gasteiger partial charge >= 0.3 is 0 Å². The summed E-state index contributed by atoms with van der Waals surface area (Å²) in [6, 6.07) is 3.27. The molecule has 4 nitrogen and oxygen atoms in total. The summed E-state index contributed by atoms with van der Waals surface area (Å²) in [4.78, 5) is 17.7. The van der Waals surface area contributed by atoms with Crippen molar-refractivity contribution in [3.05, 3.63) is 29.0 Å². The number of amides is 1. The van der Waals surface area contributed by atoms with E-state index in [2.05, 4.69) is 9.97 Å². The Bertz CT molecular complexity index is 477. The van der Waals surface area contributed by atoms with Crippen molar-refractivity contribution in [3.8, 4) is 0 Å². The number of aromatic amines is 1. The Morgan fingerprint density at radius 3 is 3.00 bits per heavy atom. The monoisotopic (exact) mass is 195 g/mol. The lowest BCUT2D eigenvalue weighted by Gasteiger charge is -1.94. The molecule has 2 aromatic rings. The number of nitrogens with two attached hydrogens (primary N) is 1. The molecule has 0 aliphatic rings. The number of halogens is 1. The van der Waals surface area contributed by atoms with E-state index >= 15 is 0 Å². The fourth-order valence-electron chi connectivity index (χ4n) is 1.10. The molecule has 0 radical (unpaired) electrons. The van der Waals surface area contributed by atoms with Crippen molar-refractivity contribution in [3.63, 3.8) is 0 Å². The van der Waals surface area contributed by atoms with Gasteiger partial charge in [-0.3, -0.25) is 4.79 Å². The first kappa shape index (κ1) is 8.07. The van der Waals surface area contributed by atoms with E-state index in [0.29, 0.717) is 10.5 Å². The van der Waals surface area contributed by atoms with Crippen LogP contribution >= 0.6 is 11.6 Å². The highest BCUT2D eigenvalue weighted by Gasteiger charge is 2.06. The number of carbonyl (C=O) groups excluding carboxylic acids is 1. The van der Waals surface area contributed by atoms with Crippen molar-refractivity contribution >= 4 is 28.5 Å². The second-order valence-electron chi connectivity index (χ2n) is 2.59. The van der Waals surface area contributed by atoms with Crippen molar-refractivity contribution in [2.24, 2.45) is 5.73 Å². The maximum atomic E-state index is 10.8. The fourth-order valence-corrected chi connectivity index (χ4v) is 1.30. The average Bonchev–Trinajstić information content (AvgIpc) is 2.47. The van der Waals surface area contributed by atoms with Gasteiger partial charge in [0.05, 0.1) is 10.5 Å². The Morgan fingerprint density at radius 2 is 2.31 bits per heavy atom. The summed E-state index contributed by atoms with van der Waals surface area (Å²) in [7, 11) is 0. The largest absolute Gasteiger partial charge is 0.364 e. The summed E-state index contributed by atoms with van der Waals surface area (Å²) in [5.74, 6) is -0.556. The molecule has 0 aliphatic heterocycles. The number of hydrogen-bond donors (Lipinski definition) is 2. The molecule has 0 aliphatic carbocycles. The SMILES string of the molecule is NC(=O)c1ccc2[nH]cc(Cl)c2n1. The second-order valence-corrected chi connectivity index (χ2v) is 3.00. The Morgan fingerprint density at radius 1 is 1.54 bits per heavy atom. The lowest BCUT2D eigenvalue weighted by atomic mass is 10.3. The van der Waals surface area contributed by atoms with Gasteiger partial charge in [-0.25, -0.2) is 4.98 Å². The van der Waals surface area contributed by atoms with Crippen molar-refractivity contribution in [2.45, 2.75) is 0 Å². The molecule has 0 fully saturated rings. The molecule has 0 saturated carbocycles. The van der Waals surface area contributed by atoms with E-state index < -0.39 is 5.91 Å². The summed E-state index contributed by atoms with van der Waals surface area (Å²) in [6.07, 6.45) is 1.62. The van der Waals surface area contributed by atoms with Crippen LogP contribution in [0, 0.1) is 0 Å². The van der Waals surface area contributed by atoms with Crippen molar-refractivity contribution in [1.29, 1.82) is 0 Å². The van der Waals surface area contributed by atoms with Gasteiger partial charge < -0.3 is 10.7 Å². The van der Waals surface area contributed by atoms with Crippen LogP contribution in [0.25, 0.3) is 11.0 Å². The second kappa shape index (κ2) is 2.74. The molecule has 1 amide bonds. The van der Waals surface area contributed by atoms with E-state index in [1.807, 2.05) is 0 Å². The number of carbonyl (C=O) groups is 1. The number of pyridine rings is 1. The zero-order valence-electron chi connectivity index (χ0n) is 6.54. The lowest BCUT2D eigenvalue weighted by molar-refractivity contribution is 0.0996. The number of aromatic nitrogens is 2. The van der Waals surface area contributed by atoms with Gasteiger partial charge in [0.15, 0.2) is 0 Å². The minimum absolute atomic E-state index is 0.217. The summed E-state index contributed by atoms with van der Waals surface area (Å²) in [5, 5.41) is 0.484. The molecule has 3 N–H and O–H groups in total. The number of rotatable bonds is 1. The quantitative estimate of drug-likeness (QED) is 0.720. The highest BCUT2D eigenvalue weighted by molar-refractivity contribution is 6.35. The summed E-state index contributed by atoms with van der Waals surface area (Å²) in [6.45, 7) is 0. The van der Waals surface area contributed by atoms with E-state index in [9.17, 15) is 4.79 Å². The molecule has 0 atom stereocenters. The first-order chi connectivity index (χ1) is 6.18. The number of nitrogens with one attached hydrogen (secondary N) is 1. The minimum Gasteiger partial charge on any atom is -0.364 e. The molecule has 5 heteroatoms. The normalized spacial score (nSPS) is 10.5. The Kier molecular flexibility index (Phi) is 1.70. The minimum atomic E-state index is -0.556. The van der Waals surface area contributed by atoms with Gasteiger partial charge in [0.1, 0.15) is 11.2 Å². The number of H-pyrrole nitrogens is 1. The van der Waals surface area contributed by atoms with Crippen LogP contribution in [0.3, 0.4) is 0 Å². The standard InChI is InChI=1S/C8H6ClN3O/c9-4-3-11-5-1-2-6(8(10)13)12-7(4)5/h1-3,11H,(H2,10,13). The maximum Gasteiger partial charge on any atom is 0.267 e. The molecule has 0 saturated heterocycles. The number of nitrogens with zero attached hydrogens (tertiary/aromatic N) is 1. The van der Waals surface area contributed by atoms with E-state index in [-0.39, 0.29) is 5.69 Å². The predicted octanol–water partition coefficient (Wildman–Crippen LogP) is 1.32. The van der Waals surface area contributed by atoms with Gasteiger partial charge in [0, 0.05) is 6.20 Å². The molecule has 0 spiro atoms. The molecule has 0 bridgehead atoms. The molecule has 66 valence electrons. The average molecular weight is 196 g/mol. The van der Waals surface area contributed by atoms with E-state index in [1.165, 1.54) is 0 Å². The van der Waals surface area contributed by atoms with Crippen LogP contribution in [0.1, 0.15) is 10.5 Å². The topological polar surface area (TPSA) is 71.8 Å². The summed E-state index contributed by atoms with van der Waals surface area (Å²) < 4.78 is 0. The van der Waals surface area contributed by atoms with Crippen LogP contribution in [0.2, 0.25) is 5.02 Å². The fraction of sp³-hybridized carbons (Fsp3) is 0. The number of hydrogen-bond acceptors (Lipinski definition) is 2. The smallest absolute Gasteiger partial charge is 0.267 e. The van der Waals surface area contributed by atoms with Crippen molar-refractivity contribution in [2.75, 3.05) is 0 Å². The van der Waals surface area contributed by atoms with Crippen molar-refractivity contribution < 1.29 is 4.79 Å². The molecule has 0 aromatic carbocycles. The highest BCUT2D eigenvalue weighted by Crippen LogP contribution is 2.20. The summed E-state index contributed by atoms with van der Waals surface area (Å²) >= 11 is 5.80. The lowest BCUT2D eigenvalue weighted by Crippen LogP contribution is -2.12. The molecular formula is C8H6ClN3O. The number of primary amides is 1. The van der Waals surface area contributed by atoms with Crippen LogP contribution in [0.15, 0.2) is 18.3 Å². The zero-order valence-corrected chi connectivity index (χ0v) is 7.30. The van der Waals surface area contributed by atoms with Gasteiger partial charge in [0.25, 0.3) is 5.91 Å². The van der Waals surface area contributed by atoms with Crippen LogP contribution in [-0.4, -0.2) is 15.9 Å². The first-order valence-corrected chi connectivity index (χ1v) is 3.99. The van der Waals surface area contributed by atoms with E-state index in [0.717, 1.165) is 5.52 Å². The van der Waals surface area contributed by atoms with Gasteiger partial charge in [-0.05, 0) is 12.1 Å². The summed E-state index contributed by atoms with van der Waals surface area (Å²) in [5.41, 5.74) is 6.64. The molecule has 13 heavy (non-hydrogen) atoms.